The predicted molar refractivity (Wildman–Crippen MR) is 110 cm³/mol. The molecule has 1 aliphatic carbocycles. The second-order valence-corrected chi connectivity index (χ2v) is 10.2. The zero-order chi connectivity index (χ0) is 19.6. The maximum absolute atomic E-state index is 13.6. The summed E-state index contributed by atoms with van der Waals surface area (Å²) in [6.45, 7) is 6.04. The zero-order valence-corrected chi connectivity index (χ0v) is 17.6. The first-order valence-electron chi connectivity index (χ1n) is 9.46. The van der Waals surface area contributed by atoms with Crippen LogP contribution >= 0.6 is 23.1 Å². The van der Waals surface area contributed by atoms with Gasteiger partial charge < -0.3 is 4.74 Å². The Morgan fingerprint density at radius 2 is 1.93 bits per heavy atom. The summed E-state index contributed by atoms with van der Waals surface area (Å²) >= 11 is 3.18. The Bertz CT molecular complexity index is 990. The molecule has 1 aromatic heterocycles. The van der Waals surface area contributed by atoms with Gasteiger partial charge in [-0.25, -0.2) is 4.98 Å². The van der Waals surface area contributed by atoms with Crippen molar-refractivity contribution in [3.8, 4) is 0 Å². The molecule has 5 rings (SSSR count). The van der Waals surface area contributed by atoms with Gasteiger partial charge in [-0.1, -0.05) is 41.6 Å². The Kier molecular flexibility index (Phi) is 4.16. The fourth-order valence-electron chi connectivity index (χ4n) is 5.27. The SMILES string of the molecule is Cc1cc(C)c(C2C(=O)[C@H]3[C@@H]4C=C[C@@](CSc5nccs5)(O4)[C@H]3C2=O)c(C)c1. The number of rotatable bonds is 4. The van der Waals surface area contributed by atoms with Gasteiger partial charge >= 0.3 is 0 Å². The van der Waals surface area contributed by atoms with Crippen LogP contribution in [0, 0.1) is 32.6 Å². The van der Waals surface area contributed by atoms with Crippen LogP contribution in [-0.2, 0) is 14.3 Å². The minimum absolute atomic E-state index is 0.0247. The van der Waals surface area contributed by atoms with Gasteiger partial charge in [0.05, 0.1) is 17.9 Å². The summed E-state index contributed by atoms with van der Waals surface area (Å²) in [7, 11) is 0. The molecule has 2 fully saturated rings. The van der Waals surface area contributed by atoms with E-state index in [1.54, 1.807) is 29.3 Å². The van der Waals surface area contributed by atoms with Crippen molar-refractivity contribution in [2.45, 2.75) is 42.7 Å². The van der Waals surface area contributed by atoms with Crippen LogP contribution in [0.2, 0.25) is 0 Å². The van der Waals surface area contributed by atoms with Crippen molar-refractivity contribution in [2.75, 3.05) is 5.75 Å². The standard InChI is InChI=1S/C22H21NO3S2/c1-11-8-12(2)15(13(3)9-11)17-19(24)16-14-4-5-22(26-14,18(16)20(17)25)10-28-21-23-6-7-27-21/h4-9,14,16-18H,10H2,1-3H3/t14-,16-,17?,18+,22-/m0/s1. The van der Waals surface area contributed by atoms with Gasteiger partial charge in [0.2, 0.25) is 0 Å². The van der Waals surface area contributed by atoms with E-state index in [0.717, 1.165) is 26.6 Å². The van der Waals surface area contributed by atoms with Gasteiger partial charge in [0.25, 0.3) is 0 Å². The highest BCUT2D eigenvalue weighted by molar-refractivity contribution is 8.01. The number of benzene rings is 1. The first-order chi connectivity index (χ1) is 13.4. The normalized spacial score (nSPS) is 33.1. The van der Waals surface area contributed by atoms with Gasteiger partial charge in [-0.2, -0.15) is 0 Å². The number of carbonyl (C=O) groups excluding carboxylic acids is 2. The van der Waals surface area contributed by atoms with Gasteiger partial charge in [0.15, 0.2) is 11.6 Å². The molecule has 1 aromatic carbocycles. The van der Waals surface area contributed by atoms with Crippen molar-refractivity contribution >= 4 is 34.7 Å². The molecule has 2 aromatic rings. The highest BCUT2D eigenvalue weighted by atomic mass is 32.2. The van der Waals surface area contributed by atoms with Crippen molar-refractivity contribution in [2.24, 2.45) is 11.8 Å². The molecule has 2 bridgehead atoms. The van der Waals surface area contributed by atoms with Crippen molar-refractivity contribution < 1.29 is 14.3 Å². The Hall–Kier alpha value is -1.76. The molecule has 0 spiro atoms. The van der Waals surface area contributed by atoms with Crippen molar-refractivity contribution in [1.82, 2.24) is 4.98 Å². The fourth-order valence-corrected chi connectivity index (χ4v) is 7.07. The highest BCUT2D eigenvalue weighted by Gasteiger charge is 2.67. The molecule has 3 heterocycles. The first-order valence-corrected chi connectivity index (χ1v) is 11.3. The number of ketones is 2. The van der Waals surface area contributed by atoms with Crippen molar-refractivity contribution in [1.29, 1.82) is 0 Å². The Morgan fingerprint density at radius 1 is 1.18 bits per heavy atom. The molecule has 144 valence electrons. The summed E-state index contributed by atoms with van der Waals surface area (Å²) in [5.74, 6) is -0.762. The quantitative estimate of drug-likeness (QED) is 0.432. The van der Waals surface area contributed by atoms with Gasteiger partial charge in [-0.15, -0.1) is 11.3 Å². The first kappa shape index (κ1) is 18.3. The summed E-state index contributed by atoms with van der Waals surface area (Å²) in [5, 5.41) is 1.94. The molecule has 3 aliphatic rings. The van der Waals surface area contributed by atoms with Crippen molar-refractivity contribution in [3.63, 3.8) is 0 Å². The number of ether oxygens (including phenoxy) is 1. The van der Waals surface area contributed by atoms with E-state index in [4.69, 9.17) is 4.74 Å². The van der Waals surface area contributed by atoms with Crippen molar-refractivity contribution in [3.05, 3.63) is 58.1 Å². The largest absolute Gasteiger partial charge is 0.361 e. The number of hydrogen-bond donors (Lipinski definition) is 0. The Balaban J connectivity index is 1.51. The third kappa shape index (κ3) is 2.51. The smallest absolute Gasteiger partial charge is 0.154 e. The van der Waals surface area contributed by atoms with Crippen LogP contribution in [0.1, 0.15) is 28.2 Å². The Labute approximate surface area is 172 Å². The molecule has 0 N–H and O–H groups in total. The average Bonchev–Trinajstić information content (AvgIpc) is 3.39. The lowest BCUT2D eigenvalue weighted by Crippen LogP contribution is -2.40. The molecule has 5 atom stereocenters. The second-order valence-electron chi connectivity index (χ2n) is 8.04. The monoisotopic (exact) mass is 411 g/mol. The molecule has 28 heavy (non-hydrogen) atoms. The molecule has 0 amide bonds. The minimum atomic E-state index is -0.695. The maximum atomic E-state index is 13.6. The van der Waals surface area contributed by atoms with Crippen LogP contribution in [0.15, 0.2) is 40.2 Å². The predicted octanol–water partition coefficient (Wildman–Crippen LogP) is 4.04. The summed E-state index contributed by atoms with van der Waals surface area (Å²) in [6.07, 6.45) is 5.49. The molecule has 1 unspecified atom stereocenters. The molecule has 0 radical (unpaired) electrons. The van der Waals surface area contributed by atoms with E-state index in [1.165, 1.54) is 0 Å². The van der Waals surface area contributed by atoms with E-state index in [2.05, 4.69) is 17.1 Å². The lowest BCUT2D eigenvalue weighted by Gasteiger charge is -2.28. The molecular weight excluding hydrogens is 390 g/mol. The van der Waals surface area contributed by atoms with Gasteiger partial charge in [0.1, 0.15) is 15.9 Å². The number of Topliss-reactive ketones (excluding diaryl/α,β-unsaturated/α-hetero) is 2. The van der Waals surface area contributed by atoms with Gasteiger partial charge in [0, 0.05) is 17.3 Å². The second kappa shape index (κ2) is 6.37. The maximum Gasteiger partial charge on any atom is 0.154 e. The summed E-state index contributed by atoms with van der Waals surface area (Å²) in [4.78, 5) is 31.3. The number of fused-ring (bicyclic) bond motifs is 5. The number of thioether (sulfide) groups is 1. The van der Waals surface area contributed by atoms with E-state index in [1.807, 2.05) is 38.3 Å². The van der Waals surface area contributed by atoms with Crippen LogP contribution in [-0.4, -0.2) is 34.0 Å². The number of thiazole rings is 1. The fraction of sp³-hybridized carbons (Fsp3) is 0.409. The molecule has 1 saturated carbocycles. The van der Waals surface area contributed by atoms with Crippen LogP contribution in [0.3, 0.4) is 0 Å². The molecule has 2 aliphatic heterocycles. The number of aryl methyl sites for hydroxylation is 3. The third-order valence-electron chi connectivity index (χ3n) is 6.22. The zero-order valence-electron chi connectivity index (χ0n) is 16.0. The van der Waals surface area contributed by atoms with E-state index < -0.39 is 17.4 Å². The number of aromatic nitrogens is 1. The third-order valence-corrected chi connectivity index (χ3v) is 8.38. The van der Waals surface area contributed by atoms with Crippen LogP contribution in [0.25, 0.3) is 0 Å². The summed E-state index contributed by atoms with van der Waals surface area (Å²) in [5.41, 5.74) is 3.41. The van der Waals surface area contributed by atoms with Crippen LogP contribution in [0.4, 0.5) is 0 Å². The molecule has 4 nitrogen and oxygen atoms in total. The molecular formula is C22H21NO3S2. The molecule has 6 heteroatoms. The van der Waals surface area contributed by atoms with Crippen LogP contribution in [0.5, 0.6) is 0 Å². The Morgan fingerprint density at radius 3 is 2.61 bits per heavy atom. The average molecular weight is 412 g/mol. The van der Waals surface area contributed by atoms with E-state index >= 15 is 0 Å². The topological polar surface area (TPSA) is 56.3 Å². The van der Waals surface area contributed by atoms with Crippen LogP contribution < -0.4 is 0 Å². The van der Waals surface area contributed by atoms with Gasteiger partial charge in [-0.3, -0.25) is 9.59 Å². The number of carbonyl (C=O) groups is 2. The minimum Gasteiger partial charge on any atom is -0.361 e. The molecule has 1 saturated heterocycles. The van der Waals surface area contributed by atoms with E-state index in [0.29, 0.717) is 5.75 Å². The van der Waals surface area contributed by atoms with E-state index in [9.17, 15) is 9.59 Å². The number of hydrogen-bond acceptors (Lipinski definition) is 6. The lowest BCUT2D eigenvalue weighted by molar-refractivity contribution is -0.128. The summed E-state index contributed by atoms with van der Waals surface area (Å²) < 4.78 is 7.19. The highest BCUT2D eigenvalue weighted by Crippen LogP contribution is 2.56. The number of nitrogens with zero attached hydrogens (tertiary/aromatic N) is 1. The summed E-state index contributed by atoms with van der Waals surface area (Å²) in [6, 6.07) is 4.13. The lowest BCUT2D eigenvalue weighted by atomic mass is 9.78. The van der Waals surface area contributed by atoms with Gasteiger partial charge in [-0.05, 0) is 37.5 Å². The van der Waals surface area contributed by atoms with E-state index in [-0.39, 0.29) is 23.6 Å².